The van der Waals surface area contributed by atoms with E-state index < -0.39 is 5.92 Å². The molecule has 2 N–H and O–H groups in total. The average Bonchev–Trinajstić information content (AvgIpc) is 3.34. The summed E-state index contributed by atoms with van der Waals surface area (Å²) >= 11 is 2.90. The third-order valence-corrected chi connectivity index (χ3v) is 6.91. The molecule has 1 atom stereocenters. The third-order valence-electron chi connectivity index (χ3n) is 4.87. The second-order valence-corrected chi connectivity index (χ2v) is 8.94. The Balaban J connectivity index is 1.86. The van der Waals surface area contributed by atoms with Gasteiger partial charge in [0.25, 0.3) is 0 Å². The number of hydrogen-bond acceptors (Lipinski definition) is 9. The number of aromatic nitrogens is 2. The molecule has 3 heterocycles. The highest BCUT2D eigenvalue weighted by Crippen LogP contribution is 2.47. The number of Topliss-reactive ketones (excluding diaryl/α,β-unsaturated/α-hetero) is 1. The summed E-state index contributed by atoms with van der Waals surface area (Å²) < 4.78 is 6.58. The van der Waals surface area contributed by atoms with Gasteiger partial charge in [0, 0.05) is 23.4 Å². The summed E-state index contributed by atoms with van der Waals surface area (Å²) in [5, 5.41) is 19.0. The van der Waals surface area contributed by atoms with Crippen LogP contribution in [0.3, 0.4) is 0 Å². The van der Waals surface area contributed by atoms with Crippen LogP contribution in [-0.4, -0.2) is 21.7 Å². The van der Waals surface area contributed by atoms with Crippen molar-refractivity contribution in [1.82, 2.24) is 10.2 Å². The first-order valence-corrected chi connectivity index (χ1v) is 10.9. The minimum absolute atomic E-state index is 0.0151. The molecule has 148 valence electrons. The minimum Gasteiger partial charge on any atom is -0.465 e. The number of furan rings is 1. The average molecular weight is 426 g/mol. The Labute approximate surface area is 176 Å². The van der Waals surface area contributed by atoms with Gasteiger partial charge in [-0.25, -0.2) is 0 Å². The third kappa shape index (κ3) is 3.39. The SMILES string of the molecule is C=CCSc1nnc(N2C(N)=C(C#N)C(c3ccc(C)o3)C3=C2CCCC3=O)s1. The largest absolute Gasteiger partial charge is 0.465 e. The maximum atomic E-state index is 13.0. The summed E-state index contributed by atoms with van der Waals surface area (Å²) in [5.74, 6) is 1.70. The van der Waals surface area contributed by atoms with Crippen molar-refractivity contribution in [3.05, 3.63) is 59.0 Å². The number of nitriles is 1. The monoisotopic (exact) mass is 425 g/mol. The second-order valence-electron chi connectivity index (χ2n) is 6.71. The summed E-state index contributed by atoms with van der Waals surface area (Å²) in [6, 6.07) is 5.85. The van der Waals surface area contributed by atoms with E-state index in [1.807, 2.05) is 19.1 Å². The van der Waals surface area contributed by atoms with Crippen LogP contribution < -0.4 is 10.6 Å². The zero-order chi connectivity index (χ0) is 20.5. The van der Waals surface area contributed by atoms with Crippen LogP contribution in [0.4, 0.5) is 5.13 Å². The van der Waals surface area contributed by atoms with Gasteiger partial charge < -0.3 is 10.2 Å². The van der Waals surface area contributed by atoms with E-state index in [1.54, 1.807) is 11.0 Å². The molecule has 9 heteroatoms. The van der Waals surface area contributed by atoms with E-state index in [1.165, 1.54) is 23.1 Å². The van der Waals surface area contributed by atoms with Crippen molar-refractivity contribution in [3.63, 3.8) is 0 Å². The number of nitrogens with zero attached hydrogens (tertiary/aromatic N) is 4. The Morgan fingerprint density at radius 1 is 1.48 bits per heavy atom. The summed E-state index contributed by atoms with van der Waals surface area (Å²) in [4.78, 5) is 14.7. The van der Waals surface area contributed by atoms with Gasteiger partial charge in [0.2, 0.25) is 5.13 Å². The standard InChI is InChI=1S/C20H19N5O2S2/c1-3-9-28-20-24-23-19(29-20)25-13-5-4-6-14(26)17(13)16(12(10-21)18(25)22)15-8-7-11(2)27-15/h3,7-8,16H,1,4-6,9,22H2,2H3. The fraction of sp³-hybridized carbons (Fsp3) is 0.300. The molecule has 1 aliphatic heterocycles. The van der Waals surface area contributed by atoms with E-state index in [0.717, 1.165) is 28.0 Å². The van der Waals surface area contributed by atoms with Crippen LogP contribution >= 0.6 is 23.1 Å². The van der Waals surface area contributed by atoms with Gasteiger partial charge in [-0.3, -0.25) is 9.69 Å². The van der Waals surface area contributed by atoms with Crippen molar-refractivity contribution in [1.29, 1.82) is 5.26 Å². The minimum atomic E-state index is -0.588. The number of thioether (sulfide) groups is 1. The number of anilines is 1. The molecule has 7 nitrogen and oxygen atoms in total. The van der Waals surface area contributed by atoms with Crippen LogP contribution in [0.2, 0.25) is 0 Å². The van der Waals surface area contributed by atoms with Crippen LogP contribution in [0.15, 0.2) is 56.2 Å². The predicted octanol–water partition coefficient (Wildman–Crippen LogP) is 4.02. The molecule has 1 unspecified atom stereocenters. The predicted molar refractivity (Wildman–Crippen MR) is 112 cm³/mol. The van der Waals surface area contributed by atoms with Gasteiger partial charge >= 0.3 is 0 Å². The van der Waals surface area contributed by atoms with Crippen LogP contribution in [0.5, 0.6) is 0 Å². The topological polar surface area (TPSA) is 109 Å². The number of allylic oxidation sites excluding steroid dienone is 3. The Morgan fingerprint density at radius 2 is 2.31 bits per heavy atom. The number of carbonyl (C=O) groups is 1. The molecule has 0 radical (unpaired) electrons. The highest BCUT2D eigenvalue weighted by Gasteiger charge is 2.42. The van der Waals surface area contributed by atoms with Crippen LogP contribution in [0.25, 0.3) is 0 Å². The maximum absolute atomic E-state index is 13.0. The Morgan fingerprint density at radius 3 is 3.00 bits per heavy atom. The van der Waals surface area contributed by atoms with E-state index in [0.29, 0.717) is 34.9 Å². The number of rotatable bonds is 5. The van der Waals surface area contributed by atoms with Crippen molar-refractivity contribution in [2.75, 3.05) is 10.7 Å². The molecule has 0 saturated heterocycles. The van der Waals surface area contributed by atoms with Crippen molar-refractivity contribution < 1.29 is 9.21 Å². The van der Waals surface area contributed by atoms with E-state index in [9.17, 15) is 10.1 Å². The van der Waals surface area contributed by atoms with Crippen molar-refractivity contribution in [3.8, 4) is 6.07 Å². The molecule has 0 spiro atoms. The number of ketones is 1. The molecule has 29 heavy (non-hydrogen) atoms. The normalized spacial score (nSPS) is 19.4. The lowest BCUT2D eigenvalue weighted by Gasteiger charge is -2.37. The zero-order valence-electron chi connectivity index (χ0n) is 15.8. The molecular weight excluding hydrogens is 406 g/mol. The smallest absolute Gasteiger partial charge is 0.219 e. The van der Waals surface area contributed by atoms with Crippen molar-refractivity contribution in [2.45, 2.75) is 36.4 Å². The molecule has 2 aliphatic rings. The number of carbonyl (C=O) groups excluding carboxylic acids is 1. The van der Waals surface area contributed by atoms with Gasteiger partial charge in [-0.2, -0.15) is 5.26 Å². The first-order chi connectivity index (χ1) is 14.0. The lowest BCUT2D eigenvalue weighted by Crippen LogP contribution is -2.38. The van der Waals surface area contributed by atoms with Gasteiger partial charge in [-0.05, 0) is 31.9 Å². The van der Waals surface area contributed by atoms with Gasteiger partial charge in [0.15, 0.2) is 10.1 Å². The Kier molecular flexibility index (Phi) is 5.30. The molecule has 0 bridgehead atoms. The highest BCUT2D eigenvalue weighted by molar-refractivity contribution is 8.01. The number of hydrogen-bond donors (Lipinski definition) is 1. The van der Waals surface area contributed by atoms with E-state index in [4.69, 9.17) is 10.2 Å². The van der Waals surface area contributed by atoms with E-state index >= 15 is 0 Å². The summed E-state index contributed by atoms with van der Waals surface area (Å²) in [6.45, 7) is 5.55. The lowest BCUT2D eigenvalue weighted by atomic mass is 9.78. The van der Waals surface area contributed by atoms with Crippen molar-refractivity contribution >= 4 is 34.0 Å². The molecule has 0 saturated carbocycles. The molecule has 0 amide bonds. The maximum Gasteiger partial charge on any atom is 0.219 e. The molecule has 0 aromatic carbocycles. The molecule has 1 aliphatic carbocycles. The lowest BCUT2D eigenvalue weighted by molar-refractivity contribution is -0.116. The van der Waals surface area contributed by atoms with Crippen LogP contribution in [0, 0.1) is 18.3 Å². The molecule has 2 aromatic rings. The highest BCUT2D eigenvalue weighted by atomic mass is 32.2. The second kappa shape index (κ2) is 7.89. The first-order valence-electron chi connectivity index (χ1n) is 9.14. The number of nitrogens with two attached hydrogens (primary N) is 1. The first kappa shape index (κ1) is 19.5. The van der Waals surface area contributed by atoms with Crippen LogP contribution in [-0.2, 0) is 4.79 Å². The molecule has 4 rings (SSSR count). The van der Waals surface area contributed by atoms with Gasteiger partial charge in [0.1, 0.15) is 17.3 Å². The molecule has 2 aromatic heterocycles. The van der Waals surface area contributed by atoms with Gasteiger partial charge in [0.05, 0.1) is 17.6 Å². The van der Waals surface area contributed by atoms with E-state index in [2.05, 4.69) is 22.8 Å². The summed E-state index contributed by atoms with van der Waals surface area (Å²) in [5.41, 5.74) is 8.13. The zero-order valence-corrected chi connectivity index (χ0v) is 17.5. The Bertz CT molecular complexity index is 1090. The Hall–Kier alpha value is -2.83. The van der Waals surface area contributed by atoms with Gasteiger partial charge in [-0.15, -0.1) is 16.8 Å². The number of aryl methyl sites for hydroxylation is 1. The van der Waals surface area contributed by atoms with E-state index in [-0.39, 0.29) is 11.6 Å². The van der Waals surface area contributed by atoms with Crippen LogP contribution in [0.1, 0.15) is 36.7 Å². The van der Waals surface area contributed by atoms with Crippen molar-refractivity contribution in [2.24, 2.45) is 5.73 Å². The summed E-state index contributed by atoms with van der Waals surface area (Å²) in [7, 11) is 0. The molecular formula is C20H19N5O2S2. The van der Waals surface area contributed by atoms with Gasteiger partial charge in [-0.1, -0.05) is 29.2 Å². The fourth-order valence-corrected chi connectivity index (χ4v) is 5.32. The summed E-state index contributed by atoms with van der Waals surface area (Å²) in [6.07, 6.45) is 3.64. The fourth-order valence-electron chi connectivity index (χ4n) is 3.68. The quantitative estimate of drug-likeness (QED) is 0.565. The molecule has 0 fully saturated rings.